The van der Waals surface area contributed by atoms with E-state index in [0.29, 0.717) is 11.4 Å². The van der Waals surface area contributed by atoms with Crippen molar-refractivity contribution < 1.29 is 168 Å². The van der Waals surface area contributed by atoms with Crippen LogP contribution in [0.25, 0.3) is 0 Å². The van der Waals surface area contributed by atoms with Crippen LogP contribution in [0.15, 0.2) is 60.7 Å². The summed E-state index contributed by atoms with van der Waals surface area (Å²) in [6.45, 7) is 0. The fourth-order valence-electron chi connectivity index (χ4n) is 3.98. The first-order valence-corrected chi connectivity index (χ1v) is 13.0. The topological polar surface area (TPSA) is 326 Å². The number of aromatic carboxylic acids is 4. The molecule has 242 valence electrons. The molecule has 2 aromatic heterocycles. The second-order valence-electron chi connectivity index (χ2n) is 9.39. The van der Waals surface area contributed by atoms with Crippen molar-refractivity contribution >= 4 is 70.4 Å². The van der Waals surface area contributed by atoms with Gasteiger partial charge in [0.1, 0.15) is 0 Å². The Morgan fingerprint density at radius 2 is 0.635 bits per heavy atom. The Morgan fingerprint density at radius 3 is 0.865 bits per heavy atom. The van der Waals surface area contributed by atoms with Crippen LogP contribution in [0.4, 0.5) is 46.5 Å². The Labute approximate surface area is 380 Å². The first-order valence-electron chi connectivity index (χ1n) is 13.0. The zero-order chi connectivity index (χ0) is 34.5. The number of carboxylic acids is 4. The fraction of sp³-hybridized carbons (Fsp3) is 0. The molecule has 20 nitrogen and oxygen atoms in total. The molecule has 0 amide bonds. The summed E-state index contributed by atoms with van der Waals surface area (Å²) in [5.41, 5.74) is -1.16. The Balaban J connectivity index is 0.00000338. The van der Waals surface area contributed by atoms with Gasteiger partial charge in [-0.15, -0.1) is 0 Å². The molecule has 2 heterocycles. The number of carbonyl (C=O) groups is 4. The normalized spacial score (nSPS) is 9.69. The van der Waals surface area contributed by atoms with Gasteiger partial charge in [-0.1, -0.05) is 0 Å². The molecule has 0 aliphatic rings. The minimum absolute atomic E-state index is 0. The minimum Gasteiger partial charge on any atom is -0.545 e. The molecule has 0 saturated heterocycles. The van der Waals surface area contributed by atoms with Gasteiger partial charge in [-0.3, -0.25) is 0 Å². The summed E-state index contributed by atoms with van der Waals surface area (Å²) in [7, 11) is 0. The minimum atomic E-state index is -1.64. The van der Waals surface area contributed by atoms with Crippen LogP contribution in [0.5, 0.6) is 12.0 Å². The van der Waals surface area contributed by atoms with Crippen molar-refractivity contribution in [2.45, 2.75) is 0 Å². The molecule has 6 N–H and O–H groups in total. The average Bonchev–Trinajstić information content (AvgIpc) is 3.01. The monoisotopic (exact) mass is 744 g/mol. The SMILES string of the molecule is O=C([O-])c1cc(Nc2nc(O)nc(Nc3ccc(Nc4nc(O)nc(Nc5cc(C(=O)[O-])cc(C(=O)[O-])c5)n4)cc3)n2)cc(C(=O)[O-])c1.[Na+].[Na+].[Na+].[Na+]. The number of hydrogen-bond donors (Lipinski definition) is 6. The molecular weight excluding hydrogens is 728 g/mol. The van der Waals surface area contributed by atoms with E-state index in [0.717, 1.165) is 36.4 Å². The van der Waals surface area contributed by atoms with E-state index < -0.39 is 58.2 Å². The number of nitrogens with zero attached hydrogens (tertiary/aromatic N) is 6. The number of benzene rings is 3. The van der Waals surface area contributed by atoms with E-state index in [1.807, 2.05) is 0 Å². The molecule has 52 heavy (non-hydrogen) atoms. The molecule has 0 aliphatic heterocycles. The van der Waals surface area contributed by atoms with Gasteiger partial charge in [0, 0.05) is 22.7 Å². The van der Waals surface area contributed by atoms with Crippen molar-refractivity contribution in [3.8, 4) is 12.0 Å². The molecule has 24 heteroatoms. The molecule has 0 spiro atoms. The van der Waals surface area contributed by atoms with Crippen molar-refractivity contribution in [2.75, 3.05) is 21.3 Å². The Bertz CT molecular complexity index is 1900. The molecule has 0 radical (unpaired) electrons. The molecule has 0 atom stereocenters. The second-order valence-corrected chi connectivity index (χ2v) is 9.39. The molecular formula is C28H16N10Na4O10. The van der Waals surface area contributed by atoms with Gasteiger partial charge in [0.15, 0.2) is 0 Å². The summed E-state index contributed by atoms with van der Waals surface area (Å²) in [6, 6.07) is 10.7. The zero-order valence-electron chi connectivity index (χ0n) is 27.6. The van der Waals surface area contributed by atoms with Crippen LogP contribution in [0, 0.1) is 0 Å². The summed E-state index contributed by atoms with van der Waals surface area (Å²) in [5.74, 6) is -7.43. The molecule has 3 aromatic carbocycles. The Hall–Kier alpha value is -3.64. The van der Waals surface area contributed by atoms with Gasteiger partial charge >= 0.3 is 130 Å². The van der Waals surface area contributed by atoms with Crippen LogP contribution in [0.3, 0.4) is 0 Å². The number of anilines is 8. The predicted octanol–water partition coefficient (Wildman–Crippen LogP) is -14.1. The molecule has 5 aromatic rings. The van der Waals surface area contributed by atoms with E-state index in [-0.39, 0.29) is 153 Å². The maximum atomic E-state index is 11.3. The number of aromatic hydroxyl groups is 2. The average molecular weight is 744 g/mol. The van der Waals surface area contributed by atoms with Gasteiger partial charge in [-0.2, -0.15) is 29.9 Å². The second kappa shape index (κ2) is 20.6. The van der Waals surface area contributed by atoms with Crippen LogP contribution >= 0.6 is 0 Å². The van der Waals surface area contributed by atoms with E-state index >= 15 is 0 Å². The third-order valence-electron chi connectivity index (χ3n) is 5.97. The van der Waals surface area contributed by atoms with Crippen LogP contribution in [0.1, 0.15) is 41.4 Å². The standard InChI is InChI=1S/C28H20N10O10.4Na/c39-19(40)11-5-12(20(41)42)8-17(7-11)31-25-33-23(35-27(47)37-25)29-15-1-2-16(4-3-15)30-24-34-26(38-28(48)36-24)32-18-9-13(21(43)44)6-14(10-18)22(45)46;;;;/h1-10H,(H,39,40)(H,41,42)(H,43,44)(H,45,46)(H3,29,31,33,35,37,47)(H3,30,32,34,36,38,48);;;;/q;4*+1/p-4. The van der Waals surface area contributed by atoms with Gasteiger partial charge < -0.3 is 71.1 Å². The number of nitrogens with one attached hydrogen (secondary N) is 4. The number of hydrogen-bond acceptors (Lipinski definition) is 20. The van der Waals surface area contributed by atoms with Crippen molar-refractivity contribution in [3.63, 3.8) is 0 Å². The van der Waals surface area contributed by atoms with Gasteiger partial charge in [-0.25, -0.2) is 0 Å². The largest absolute Gasteiger partial charge is 1.00 e. The van der Waals surface area contributed by atoms with Crippen molar-refractivity contribution in [2.24, 2.45) is 0 Å². The predicted molar refractivity (Wildman–Crippen MR) is 153 cm³/mol. The van der Waals surface area contributed by atoms with Crippen LogP contribution < -0.4 is 160 Å². The number of carbonyl (C=O) groups excluding carboxylic acids is 4. The van der Waals surface area contributed by atoms with E-state index in [1.54, 1.807) is 24.3 Å². The maximum absolute atomic E-state index is 11.3. The number of carboxylic acid groups (broad SMARTS) is 4. The maximum Gasteiger partial charge on any atom is 1.00 e. The van der Waals surface area contributed by atoms with Crippen LogP contribution in [0.2, 0.25) is 0 Å². The number of aromatic nitrogens is 6. The van der Waals surface area contributed by atoms with Gasteiger partial charge in [-0.05, 0) is 82.9 Å². The Morgan fingerprint density at radius 1 is 0.404 bits per heavy atom. The van der Waals surface area contributed by atoms with E-state index in [4.69, 9.17) is 0 Å². The van der Waals surface area contributed by atoms with E-state index in [9.17, 15) is 49.8 Å². The van der Waals surface area contributed by atoms with E-state index in [1.165, 1.54) is 0 Å². The third-order valence-corrected chi connectivity index (χ3v) is 5.97. The first kappa shape index (κ1) is 46.4. The third kappa shape index (κ3) is 12.8. The molecule has 0 saturated carbocycles. The summed E-state index contributed by atoms with van der Waals surface area (Å²) < 4.78 is 0. The Kier molecular flexibility index (Phi) is 18.3. The fourth-order valence-corrected chi connectivity index (χ4v) is 3.98. The van der Waals surface area contributed by atoms with Gasteiger partial charge in [0.25, 0.3) is 0 Å². The molecule has 0 unspecified atom stereocenters. The first-order chi connectivity index (χ1) is 22.8. The van der Waals surface area contributed by atoms with Crippen molar-refractivity contribution in [1.82, 2.24) is 29.9 Å². The molecule has 0 aliphatic carbocycles. The van der Waals surface area contributed by atoms with Crippen molar-refractivity contribution in [3.05, 3.63) is 82.9 Å². The van der Waals surface area contributed by atoms with Crippen LogP contribution in [-0.2, 0) is 0 Å². The number of rotatable bonds is 12. The summed E-state index contributed by atoms with van der Waals surface area (Å²) in [6.07, 6.45) is 0. The van der Waals surface area contributed by atoms with Gasteiger partial charge in [0.05, 0.1) is 23.9 Å². The summed E-state index contributed by atoms with van der Waals surface area (Å²) >= 11 is 0. The van der Waals surface area contributed by atoms with E-state index in [2.05, 4.69) is 51.2 Å². The molecule has 5 rings (SSSR count). The molecule has 0 fully saturated rings. The smallest absolute Gasteiger partial charge is 0.545 e. The quantitative estimate of drug-likeness (QED) is 0.0646. The summed E-state index contributed by atoms with van der Waals surface area (Å²) in [4.78, 5) is 68.1. The summed E-state index contributed by atoms with van der Waals surface area (Å²) in [5, 5.41) is 75.8. The zero-order valence-corrected chi connectivity index (χ0v) is 35.6. The molecule has 0 bridgehead atoms. The van der Waals surface area contributed by atoms with Gasteiger partial charge in [0.2, 0.25) is 23.8 Å². The van der Waals surface area contributed by atoms with Crippen molar-refractivity contribution in [1.29, 1.82) is 0 Å². The van der Waals surface area contributed by atoms with Crippen LogP contribution in [-0.4, -0.2) is 64.0 Å².